The molecule has 0 aromatic heterocycles. The first kappa shape index (κ1) is 11.4. The number of likely N-dealkylation sites (N-methyl/N-ethyl adjacent to an activating group) is 1. The second kappa shape index (κ2) is 5.97. The third-order valence-electron chi connectivity index (χ3n) is 1.58. The molecule has 0 rings (SSSR count). The zero-order chi connectivity index (χ0) is 9.56. The van der Waals surface area contributed by atoms with Crippen LogP contribution in [0.2, 0.25) is 0 Å². The standard InChI is InChI=1S/C8H18N2O2/c1-7(11)6-10(3)5-4-8(12)9-2/h7,11H,4-6H2,1-3H3,(H,9,12). The van der Waals surface area contributed by atoms with E-state index < -0.39 is 0 Å². The van der Waals surface area contributed by atoms with Crippen LogP contribution in [0.4, 0.5) is 0 Å². The molecule has 4 nitrogen and oxygen atoms in total. The van der Waals surface area contributed by atoms with Crippen LogP contribution >= 0.6 is 0 Å². The molecule has 1 unspecified atom stereocenters. The van der Waals surface area contributed by atoms with E-state index in [4.69, 9.17) is 5.11 Å². The van der Waals surface area contributed by atoms with Crippen LogP contribution in [0, 0.1) is 0 Å². The summed E-state index contributed by atoms with van der Waals surface area (Å²) in [5, 5.41) is 11.5. The molecule has 0 aliphatic rings. The maximum Gasteiger partial charge on any atom is 0.221 e. The van der Waals surface area contributed by atoms with Crippen LogP contribution in [0.3, 0.4) is 0 Å². The van der Waals surface area contributed by atoms with Crippen molar-refractivity contribution in [2.45, 2.75) is 19.4 Å². The van der Waals surface area contributed by atoms with Gasteiger partial charge in [0.05, 0.1) is 6.10 Å². The summed E-state index contributed by atoms with van der Waals surface area (Å²) >= 11 is 0. The van der Waals surface area contributed by atoms with Crippen LogP contribution in [0.5, 0.6) is 0 Å². The fraction of sp³-hybridized carbons (Fsp3) is 0.875. The van der Waals surface area contributed by atoms with Gasteiger partial charge in [-0.15, -0.1) is 0 Å². The second-order valence-corrected chi connectivity index (χ2v) is 3.03. The molecular formula is C8H18N2O2. The predicted molar refractivity (Wildman–Crippen MR) is 47.9 cm³/mol. The van der Waals surface area contributed by atoms with Crippen LogP contribution in [0.1, 0.15) is 13.3 Å². The average Bonchev–Trinajstić information content (AvgIpc) is 1.99. The molecule has 0 fully saturated rings. The van der Waals surface area contributed by atoms with Crippen LogP contribution in [0.15, 0.2) is 0 Å². The van der Waals surface area contributed by atoms with Crippen molar-refractivity contribution in [3.05, 3.63) is 0 Å². The Hall–Kier alpha value is -0.610. The predicted octanol–water partition coefficient (Wildman–Crippen LogP) is -0.565. The van der Waals surface area contributed by atoms with Gasteiger partial charge in [0.2, 0.25) is 5.91 Å². The van der Waals surface area contributed by atoms with E-state index in [0.717, 1.165) is 0 Å². The lowest BCUT2D eigenvalue weighted by atomic mass is 10.3. The van der Waals surface area contributed by atoms with Crippen LogP contribution in [0.25, 0.3) is 0 Å². The molecule has 0 saturated heterocycles. The summed E-state index contributed by atoms with van der Waals surface area (Å²) in [5.41, 5.74) is 0. The zero-order valence-corrected chi connectivity index (χ0v) is 8.00. The molecule has 0 spiro atoms. The van der Waals surface area contributed by atoms with E-state index in [1.165, 1.54) is 0 Å². The van der Waals surface area contributed by atoms with Crippen molar-refractivity contribution >= 4 is 5.91 Å². The Morgan fingerprint density at radius 1 is 1.67 bits per heavy atom. The number of carbonyl (C=O) groups is 1. The molecule has 0 aromatic carbocycles. The number of carbonyl (C=O) groups excluding carboxylic acids is 1. The Labute approximate surface area is 73.6 Å². The van der Waals surface area contributed by atoms with E-state index in [1.807, 2.05) is 11.9 Å². The van der Waals surface area contributed by atoms with Gasteiger partial charge in [-0.3, -0.25) is 4.79 Å². The number of rotatable bonds is 5. The first-order valence-electron chi connectivity index (χ1n) is 4.13. The third kappa shape index (κ3) is 6.12. The number of hydrogen-bond acceptors (Lipinski definition) is 3. The fourth-order valence-corrected chi connectivity index (χ4v) is 0.960. The first-order chi connectivity index (χ1) is 5.56. The Morgan fingerprint density at radius 3 is 2.67 bits per heavy atom. The maximum absolute atomic E-state index is 10.8. The molecular weight excluding hydrogens is 156 g/mol. The maximum atomic E-state index is 10.8. The highest BCUT2D eigenvalue weighted by molar-refractivity contribution is 5.75. The summed E-state index contributed by atoms with van der Waals surface area (Å²) in [6.45, 7) is 3.03. The molecule has 2 N–H and O–H groups in total. The molecule has 0 radical (unpaired) electrons. The summed E-state index contributed by atoms with van der Waals surface area (Å²) < 4.78 is 0. The molecule has 0 bridgehead atoms. The first-order valence-corrected chi connectivity index (χ1v) is 4.13. The Morgan fingerprint density at radius 2 is 2.25 bits per heavy atom. The number of nitrogens with one attached hydrogen (secondary N) is 1. The Kier molecular flexibility index (Phi) is 5.66. The number of aliphatic hydroxyl groups excluding tert-OH is 1. The topological polar surface area (TPSA) is 52.6 Å². The van der Waals surface area contributed by atoms with Gasteiger partial charge in [-0.05, 0) is 14.0 Å². The number of amides is 1. The van der Waals surface area contributed by atoms with Gasteiger partial charge in [0.15, 0.2) is 0 Å². The van der Waals surface area contributed by atoms with Crippen LogP contribution in [-0.4, -0.2) is 49.2 Å². The van der Waals surface area contributed by atoms with Crippen molar-refractivity contribution in [3.8, 4) is 0 Å². The minimum absolute atomic E-state index is 0.0347. The van der Waals surface area contributed by atoms with E-state index in [2.05, 4.69) is 5.32 Å². The molecule has 0 saturated carbocycles. The largest absolute Gasteiger partial charge is 0.392 e. The lowest BCUT2D eigenvalue weighted by Gasteiger charge is -2.17. The molecule has 4 heteroatoms. The summed E-state index contributed by atoms with van der Waals surface area (Å²) in [6, 6.07) is 0. The van der Waals surface area contributed by atoms with E-state index in [-0.39, 0.29) is 12.0 Å². The van der Waals surface area contributed by atoms with Gasteiger partial charge in [0.25, 0.3) is 0 Å². The highest BCUT2D eigenvalue weighted by Crippen LogP contribution is 1.90. The third-order valence-corrected chi connectivity index (χ3v) is 1.58. The molecule has 0 aliphatic carbocycles. The molecule has 0 aromatic rings. The fourth-order valence-electron chi connectivity index (χ4n) is 0.960. The average molecular weight is 174 g/mol. The minimum atomic E-state index is -0.334. The van der Waals surface area contributed by atoms with Crippen molar-refractivity contribution in [1.29, 1.82) is 0 Å². The van der Waals surface area contributed by atoms with Gasteiger partial charge in [-0.25, -0.2) is 0 Å². The van der Waals surface area contributed by atoms with E-state index in [9.17, 15) is 4.79 Å². The summed E-state index contributed by atoms with van der Waals surface area (Å²) in [7, 11) is 3.51. The van der Waals surface area contributed by atoms with Crippen molar-refractivity contribution in [2.75, 3.05) is 27.2 Å². The minimum Gasteiger partial charge on any atom is -0.392 e. The lowest BCUT2D eigenvalue weighted by molar-refractivity contribution is -0.120. The second-order valence-electron chi connectivity index (χ2n) is 3.03. The molecule has 1 amide bonds. The number of nitrogens with zero attached hydrogens (tertiary/aromatic N) is 1. The number of hydrogen-bond donors (Lipinski definition) is 2. The molecule has 72 valence electrons. The highest BCUT2D eigenvalue weighted by Gasteiger charge is 2.04. The monoisotopic (exact) mass is 174 g/mol. The van der Waals surface area contributed by atoms with E-state index in [0.29, 0.717) is 19.5 Å². The van der Waals surface area contributed by atoms with E-state index >= 15 is 0 Å². The Bertz CT molecular complexity index is 137. The van der Waals surface area contributed by atoms with Gasteiger partial charge in [0, 0.05) is 26.6 Å². The smallest absolute Gasteiger partial charge is 0.221 e. The summed E-state index contributed by atoms with van der Waals surface area (Å²) in [4.78, 5) is 12.7. The molecule has 0 aliphatic heterocycles. The van der Waals surface area contributed by atoms with Crippen LogP contribution < -0.4 is 5.32 Å². The highest BCUT2D eigenvalue weighted by atomic mass is 16.3. The van der Waals surface area contributed by atoms with Crippen molar-refractivity contribution in [3.63, 3.8) is 0 Å². The van der Waals surface area contributed by atoms with Gasteiger partial charge in [-0.1, -0.05) is 0 Å². The van der Waals surface area contributed by atoms with Gasteiger partial charge in [0.1, 0.15) is 0 Å². The van der Waals surface area contributed by atoms with Crippen molar-refractivity contribution in [2.24, 2.45) is 0 Å². The summed E-state index contributed by atoms with van der Waals surface area (Å²) in [5.74, 6) is 0.0347. The SMILES string of the molecule is CNC(=O)CCN(C)CC(C)O. The van der Waals surface area contributed by atoms with E-state index in [1.54, 1.807) is 14.0 Å². The van der Waals surface area contributed by atoms with Crippen molar-refractivity contribution < 1.29 is 9.90 Å². The van der Waals surface area contributed by atoms with Gasteiger partial charge < -0.3 is 15.3 Å². The molecule has 0 heterocycles. The van der Waals surface area contributed by atoms with Crippen molar-refractivity contribution in [1.82, 2.24) is 10.2 Å². The lowest BCUT2D eigenvalue weighted by Crippen LogP contribution is -2.31. The van der Waals surface area contributed by atoms with Gasteiger partial charge >= 0.3 is 0 Å². The number of aliphatic hydroxyl groups is 1. The summed E-state index contributed by atoms with van der Waals surface area (Å²) in [6.07, 6.45) is 0.152. The molecule has 1 atom stereocenters. The zero-order valence-electron chi connectivity index (χ0n) is 8.00. The normalized spacial score (nSPS) is 13.1. The Balaban J connectivity index is 3.43. The van der Waals surface area contributed by atoms with Gasteiger partial charge in [-0.2, -0.15) is 0 Å². The quantitative estimate of drug-likeness (QED) is 0.587. The van der Waals surface area contributed by atoms with Crippen LogP contribution in [-0.2, 0) is 4.79 Å². The molecule has 12 heavy (non-hydrogen) atoms.